The first-order chi connectivity index (χ1) is 12.4. The third kappa shape index (κ3) is 4.87. The predicted octanol–water partition coefficient (Wildman–Crippen LogP) is 2.28. The molecule has 0 radical (unpaired) electrons. The summed E-state index contributed by atoms with van der Waals surface area (Å²) in [4.78, 5) is 11.3. The maximum atomic E-state index is 13.2. The second kappa shape index (κ2) is 9.54. The van der Waals surface area contributed by atoms with Gasteiger partial charge in [0, 0.05) is 30.7 Å². The molecule has 1 saturated heterocycles. The van der Waals surface area contributed by atoms with Crippen LogP contribution < -0.4 is 9.47 Å². The van der Waals surface area contributed by atoms with E-state index in [0.29, 0.717) is 30.2 Å². The summed E-state index contributed by atoms with van der Waals surface area (Å²) >= 11 is 0. The van der Waals surface area contributed by atoms with Crippen LogP contribution in [0.4, 0.5) is 0 Å². The molecular weight excluding hydrogens is 398 g/mol. The zero-order valence-corrected chi connectivity index (χ0v) is 17.2. The highest BCUT2D eigenvalue weighted by Gasteiger charge is 2.30. The van der Waals surface area contributed by atoms with Crippen molar-refractivity contribution >= 4 is 43.7 Å². The van der Waals surface area contributed by atoms with Gasteiger partial charge in [-0.05, 0) is 23.8 Å². The molecule has 0 unspecified atom stereocenters. The van der Waals surface area contributed by atoms with Gasteiger partial charge in [-0.2, -0.15) is 4.31 Å². The van der Waals surface area contributed by atoms with E-state index in [4.69, 9.17) is 9.47 Å². The Morgan fingerprint density at radius 1 is 1.12 bits per heavy atom. The Morgan fingerprint density at radius 2 is 1.77 bits per heavy atom. The Bertz CT molecular complexity index is 770. The highest BCUT2D eigenvalue weighted by atomic mass is 33.1. The molecule has 2 rings (SSSR count). The van der Waals surface area contributed by atoms with Gasteiger partial charge in [0.2, 0.25) is 10.0 Å². The van der Waals surface area contributed by atoms with Crippen molar-refractivity contribution in [2.24, 2.45) is 0 Å². The van der Waals surface area contributed by atoms with Crippen molar-refractivity contribution in [2.45, 2.75) is 4.90 Å². The smallest absolute Gasteiger partial charge is 0.330 e. The summed E-state index contributed by atoms with van der Waals surface area (Å²) in [5, 5.41) is 0. The minimum Gasteiger partial charge on any atom is -0.493 e. The number of carbonyl (C=O) groups is 1. The highest BCUT2D eigenvalue weighted by Crippen LogP contribution is 2.38. The minimum absolute atomic E-state index is 0.0146. The molecule has 10 heteroatoms. The van der Waals surface area contributed by atoms with Crippen molar-refractivity contribution in [3.8, 4) is 11.5 Å². The predicted molar refractivity (Wildman–Crippen MR) is 104 cm³/mol. The van der Waals surface area contributed by atoms with E-state index in [9.17, 15) is 13.2 Å². The van der Waals surface area contributed by atoms with Gasteiger partial charge in [-0.15, -0.1) is 0 Å². The van der Waals surface area contributed by atoms with Crippen molar-refractivity contribution in [3.63, 3.8) is 0 Å². The van der Waals surface area contributed by atoms with E-state index in [1.54, 1.807) is 27.7 Å². The van der Waals surface area contributed by atoms with Crippen LogP contribution in [0, 0.1) is 0 Å². The lowest BCUT2D eigenvalue weighted by molar-refractivity contribution is -0.134. The molecule has 1 fully saturated rings. The molecule has 0 aromatic heterocycles. The van der Waals surface area contributed by atoms with Crippen LogP contribution in [0.1, 0.15) is 5.56 Å². The van der Waals surface area contributed by atoms with Crippen LogP contribution >= 0.6 is 21.6 Å². The Morgan fingerprint density at radius 3 is 2.31 bits per heavy atom. The number of rotatable bonds is 6. The fourth-order valence-electron chi connectivity index (χ4n) is 2.36. The molecule has 1 aromatic carbocycles. The van der Waals surface area contributed by atoms with Crippen molar-refractivity contribution in [1.29, 1.82) is 0 Å². The third-order valence-corrected chi connectivity index (χ3v) is 7.90. The fraction of sp³-hybridized carbons (Fsp3) is 0.438. The van der Waals surface area contributed by atoms with E-state index in [1.807, 2.05) is 0 Å². The normalized spacial score (nSPS) is 16.3. The number of hydrogen-bond donors (Lipinski definition) is 0. The molecule has 0 spiro atoms. The van der Waals surface area contributed by atoms with E-state index in [0.717, 1.165) is 0 Å². The zero-order chi connectivity index (χ0) is 19.2. The Labute approximate surface area is 161 Å². The second-order valence-electron chi connectivity index (χ2n) is 5.16. The molecule has 0 amide bonds. The Hall–Kier alpha value is -1.36. The first kappa shape index (κ1) is 20.9. The quantitative estimate of drug-likeness (QED) is 0.395. The SMILES string of the molecule is COC(=O)C=Cc1cc(OC)c(OC)c(S(=O)(=O)N2CCSSCC2)c1. The molecule has 144 valence electrons. The molecule has 0 bridgehead atoms. The van der Waals surface area contributed by atoms with Crippen molar-refractivity contribution in [3.05, 3.63) is 23.8 Å². The van der Waals surface area contributed by atoms with Gasteiger partial charge in [0.15, 0.2) is 11.5 Å². The van der Waals surface area contributed by atoms with Crippen LogP contribution in [0.5, 0.6) is 11.5 Å². The number of ether oxygens (including phenoxy) is 3. The van der Waals surface area contributed by atoms with Crippen LogP contribution in [0.15, 0.2) is 23.1 Å². The lowest BCUT2D eigenvalue weighted by Crippen LogP contribution is -2.34. The van der Waals surface area contributed by atoms with E-state index in [-0.39, 0.29) is 16.4 Å². The summed E-state index contributed by atoms with van der Waals surface area (Å²) in [6.07, 6.45) is 2.69. The monoisotopic (exact) mass is 419 g/mol. The molecule has 1 aliphatic heterocycles. The fourth-order valence-corrected chi connectivity index (χ4v) is 6.21. The number of sulfonamides is 1. The highest BCUT2D eigenvalue weighted by molar-refractivity contribution is 8.76. The van der Waals surface area contributed by atoms with Gasteiger partial charge in [0.05, 0.1) is 21.3 Å². The van der Waals surface area contributed by atoms with Crippen LogP contribution in [0.2, 0.25) is 0 Å². The molecule has 1 heterocycles. The number of carbonyl (C=O) groups excluding carboxylic acids is 1. The van der Waals surface area contributed by atoms with Gasteiger partial charge in [0.1, 0.15) is 4.90 Å². The summed E-state index contributed by atoms with van der Waals surface area (Å²) < 4.78 is 43.0. The molecule has 26 heavy (non-hydrogen) atoms. The molecule has 1 aromatic rings. The summed E-state index contributed by atoms with van der Waals surface area (Å²) in [5.74, 6) is 1.31. The van der Waals surface area contributed by atoms with Crippen LogP contribution in [0.3, 0.4) is 0 Å². The van der Waals surface area contributed by atoms with Gasteiger partial charge < -0.3 is 14.2 Å². The van der Waals surface area contributed by atoms with Crippen molar-refractivity contribution < 1.29 is 27.4 Å². The lowest BCUT2D eigenvalue weighted by atomic mass is 10.2. The number of benzene rings is 1. The molecule has 0 atom stereocenters. The molecule has 1 aliphatic rings. The Kier molecular flexibility index (Phi) is 7.69. The van der Waals surface area contributed by atoms with Crippen molar-refractivity contribution in [2.75, 3.05) is 45.9 Å². The maximum absolute atomic E-state index is 13.2. The number of nitrogens with zero attached hydrogens (tertiary/aromatic N) is 1. The standard InChI is InChI=1S/C16H21NO6S3/c1-21-13-10-12(4-5-15(18)22-2)11-14(16(13)23-3)26(19,20)17-6-8-24-25-9-7-17/h4-5,10-11H,6-9H2,1-3H3. The number of hydrogen-bond acceptors (Lipinski definition) is 8. The van der Waals surface area contributed by atoms with E-state index >= 15 is 0 Å². The van der Waals surface area contributed by atoms with Crippen LogP contribution in [0.25, 0.3) is 6.08 Å². The summed E-state index contributed by atoms with van der Waals surface area (Å²) in [6.45, 7) is 0.849. The Balaban J connectivity index is 2.53. The first-order valence-electron chi connectivity index (χ1n) is 7.70. The molecule has 7 nitrogen and oxygen atoms in total. The zero-order valence-electron chi connectivity index (χ0n) is 14.8. The third-order valence-electron chi connectivity index (χ3n) is 3.63. The molecule has 0 saturated carbocycles. The average molecular weight is 420 g/mol. The van der Waals surface area contributed by atoms with Gasteiger partial charge in [-0.1, -0.05) is 21.6 Å². The summed E-state index contributed by atoms with van der Waals surface area (Å²) in [6, 6.07) is 3.08. The van der Waals surface area contributed by atoms with E-state index < -0.39 is 16.0 Å². The van der Waals surface area contributed by atoms with E-state index in [1.165, 1.54) is 43.9 Å². The number of methoxy groups -OCH3 is 3. The largest absolute Gasteiger partial charge is 0.493 e. The van der Waals surface area contributed by atoms with Gasteiger partial charge in [-0.3, -0.25) is 0 Å². The number of esters is 1. The molecule has 0 aliphatic carbocycles. The van der Waals surface area contributed by atoms with Crippen LogP contribution in [-0.4, -0.2) is 64.6 Å². The first-order valence-corrected chi connectivity index (χ1v) is 11.6. The van der Waals surface area contributed by atoms with Gasteiger partial charge in [-0.25, -0.2) is 13.2 Å². The lowest BCUT2D eigenvalue weighted by Gasteiger charge is -2.22. The maximum Gasteiger partial charge on any atom is 0.330 e. The van der Waals surface area contributed by atoms with Crippen molar-refractivity contribution in [1.82, 2.24) is 4.31 Å². The van der Waals surface area contributed by atoms with E-state index in [2.05, 4.69) is 4.74 Å². The molecule has 0 N–H and O–H groups in total. The topological polar surface area (TPSA) is 82.1 Å². The average Bonchev–Trinajstić information content (AvgIpc) is 2.95. The second-order valence-corrected chi connectivity index (χ2v) is 9.77. The van der Waals surface area contributed by atoms with Gasteiger partial charge >= 0.3 is 5.97 Å². The summed E-state index contributed by atoms with van der Waals surface area (Å²) in [5.41, 5.74) is 0.491. The summed E-state index contributed by atoms with van der Waals surface area (Å²) in [7, 11) is 3.64. The molecular formula is C16H21NO6S3. The van der Waals surface area contributed by atoms with Gasteiger partial charge in [0.25, 0.3) is 0 Å². The minimum atomic E-state index is -3.78. The van der Waals surface area contributed by atoms with Crippen LogP contribution in [-0.2, 0) is 19.6 Å².